The fourth-order valence-electron chi connectivity index (χ4n) is 2.89. The molecule has 0 saturated heterocycles. The van der Waals surface area contributed by atoms with E-state index in [2.05, 4.69) is 15.1 Å². The second-order valence-electron chi connectivity index (χ2n) is 6.03. The Balaban J connectivity index is 1.83. The van der Waals surface area contributed by atoms with Gasteiger partial charge in [-0.3, -0.25) is 13.9 Å². The van der Waals surface area contributed by atoms with E-state index in [4.69, 9.17) is 4.52 Å². The molecule has 0 bridgehead atoms. The van der Waals surface area contributed by atoms with E-state index in [9.17, 15) is 9.59 Å². The lowest BCUT2D eigenvalue weighted by Crippen LogP contribution is -2.37. The zero-order valence-corrected chi connectivity index (χ0v) is 14.4. The molecule has 0 aliphatic heterocycles. The van der Waals surface area contributed by atoms with Crippen LogP contribution in [0.5, 0.6) is 0 Å². The van der Waals surface area contributed by atoms with Crippen LogP contribution in [0.2, 0.25) is 0 Å². The SMILES string of the molecule is CC(c1nc(-c2ccccc2)no1)n1cnc2c1c(=O)n(C)c(=O)n2C. The standard InChI is InChI=1S/C17H16N6O3/c1-10(15-19-13(20-26-15)11-7-5-4-6-8-11)23-9-18-14-12(23)16(24)22(3)17(25)21(14)2/h4-10H,1-3H3. The van der Waals surface area contributed by atoms with Crippen LogP contribution in [0.1, 0.15) is 18.9 Å². The average molecular weight is 352 g/mol. The Hall–Kier alpha value is -3.49. The summed E-state index contributed by atoms with van der Waals surface area (Å²) in [5, 5.41) is 4.01. The van der Waals surface area contributed by atoms with E-state index >= 15 is 0 Å². The van der Waals surface area contributed by atoms with Crippen LogP contribution in [0, 0.1) is 0 Å². The van der Waals surface area contributed by atoms with Crippen molar-refractivity contribution in [3.05, 3.63) is 63.4 Å². The molecule has 0 radical (unpaired) electrons. The van der Waals surface area contributed by atoms with Crippen molar-refractivity contribution in [1.29, 1.82) is 0 Å². The van der Waals surface area contributed by atoms with Crippen LogP contribution in [-0.4, -0.2) is 28.8 Å². The number of fused-ring (bicyclic) bond motifs is 1. The molecule has 0 N–H and O–H groups in total. The van der Waals surface area contributed by atoms with Crippen molar-refractivity contribution < 1.29 is 4.52 Å². The molecule has 4 rings (SSSR count). The summed E-state index contributed by atoms with van der Waals surface area (Å²) in [6, 6.07) is 9.04. The van der Waals surface area contributed by atoms with Gasteiger partial charge in [-0.1, -0.05) is 35.5 Å². The van der Waals surface area contributed by atoms with Gasteiger partial charge in [-0.25, -0.2) is 9.78 Å². The zero-order valence-electron chi connectivity index (χ0n) is 14.4. The number of imidazole rings is 1. The lowest BCUT2D eigenvalue weighted by molar-refractivity contribution is 0.347. The van der Waals surface area contributed by atoms with Gasteiger partial charge in [-0.05, 0) is 6.92 Å². The summed E-state index contributed by atoms with van der Waals surface area (Å²) in [6.45, 7) is 1.83. The smallest absolute Gasteiger partial charge is 0.332 e. The fourth-order valence-corrected chi connectivity index (χ4v) is 2.89. The highest BCUT2D eigenvalue weighted by molar-refractivity contribution is 5.70. The summed E-state index contributed by atoms with van der Waals surface area (Å²) in [7, 11) is 3.01. The number of nitrogens with zero attached hydrogens (tertiary/aromatic N) is 6. The molecule has 0 spiro atoms. The van der Waals surface area contributed by atoms with Crippen molar-refractivity contribution in [1.82, 2.24) is 28.8 Å². The van der Waals surface area contributed by atoms with Gasteiger partial charge in [0.15, 0.2) is 11.2 Å². The Morgan fingerprint density at radius 1 is 1.08 bits per heavy atom. The van der Waals surface area contributed by atoms with Crippen LogP contribution >= 0.6 is 0 Å². The van der Waals surface area contributed by atoms with Crippen molar-refractivity contribution in [2.24, 2.45) is 14.1 Å². The summed E-state index contributed by atoms with van der Waals surface area (Å²) >= 11 is 0. The molecule has 132 valence electrons. The fraction of sp³-hybridized carbons (Fsp3) is 0.235. The molecular weight excluding hydrogens is 336 g/mol. The van der Waals surface area contributed by atoms with Crippen LogP contribution in [-0.2, 0) is 14.1 Å². The van der Waals surface area contributed by atoms with Crippen molar-refractivity contribution in [2.75, 3.05) is 0 Å². The lowest BCUT2D eigenvalue weighted by Gasteiger charge is -2.10. The molecule has 3 aromatic heterocycles. The van der Waals surface area contributed by atoms with Gasteiger partial charge in [-0.2, -0.15) is 4.98 Å². The number of rotatable bonds is 3. The number of aromatic nitrogens is 6. The number of benzene rings is 1. The Labute approximate surface area is 147 Å². The van der Waals surface area contributed by atoms with Crippen molar-refractivity contribution >= 4 is 11.2 Å². The summed E-state index contributed by atoms with van der Waals surface area (Å²) < 4.78 is 9.42. The maximum Gasteiger partial charge on any atom is 0.332 e. The second-order valence-corrected chi connectivity index (χ2v) is 6.03. The third-order valence-electron chi connectivity index (χ3n) is 4.42. The van der Waals surface area contributed by atoms with E-state index in [0.29, 0.717) is 22.9 Å². The molecule has 0 saturated carbocycles. The third kappa shape index (κ3) is 2.28. The van der Waals surface area contributed by atoms with E-state index in [0.717, 1.165) is 10.1 Å². The maximum atomic E-state index is 12.6. The summed E-state index contributed by atoms with van der Waals surface area (Å²) in [5.74, 6) is 0.816. The highest BCUT2D eigenvalue weighted by atomic mass is 16.5. The van der Waals surface area contributed by atoms with Crippen molar-refractivity contribution in [3.8, 4) is 11.4 Å². The first-order chi connectivity index (χ1) is 12.5. The first-order valence-corrected chi connectivity index (χ1v) is 8.00. The molecule has 1 atom stereocenters. The number of hydrogen-bond donors (Lipinski definition) is 0. The maximum absolute atomic E-state index is 12.6. The Morgan fingerprint density at radius 3 is 2.54 bits per heavy atom. The normalized spacial score (nSPS) is 12.6. The minimum absolute atomic E-state index is 0.307. The lowest BCUT2D eigenvalue weighted by atomic mass is 10.2. The van der Waals surface area contributed by atoms with E-state index in [1.54, 1.807) is 11.6 Å². The van der Waals surface area contributed by atoms with E-state index in [-0.39, 0.29) is 0 Å². The summed E-state index contributed by atoms with van der Waals surface area (Å²) in [6.07, 6.45) is 1.50. The largest absolute Gasteiger partial charge is 0.337 e. The van der Waals surface area contributed by atoms with Crippen LogP contribution in [0.4, 0.5) is 0 Å². The van der Waals surface area contributed by atoms with Gasteiger partial charge in [0, 0.05) is 19.7 Å². The van der Waals surface area contributed by atoms with E-state index in [1.807, 2.05) is 37.3 Å². The summed E-state index contributed by atoms with van der Waals surface area (Å²) in [5.41, 5.74) is 0.609. The van der Waals surface area contributed by atoms with Gasteiger partial charge in [0.2, 0.25) is 11.7 Å². The Morgan fingerprint density at radius 2 is 1.81 bits per heavy atom. The quantitative estimate of drug-likeness (QED) is 0.547. The van der Waals surface area contributed by atoms with Gasteiger partial charge in [0.1, 0.15) is 6.04 Å². The number of aryl methyl sites for hydroxylation is 1. The zero-order chi connectivity index (χ0) is 18.4. The monoisotopic (exact) mass is 352 g/mol. The van der Waals surface area contributed by atoms with Gasteiger partial charge < -0.3 is 9.09 Å². The molecule has 26 heavy (non-hydrogen) atoms. The molecule has 0 aliphatic rings. The molecule has 9 heteroatoms. The number of hydrogen-bond acceptors (Lipinski definition) is 6. The van der Waals surface area contributed by atoms with Crippen molar-refractivity contribution in [2.45, 2.75) is 13.0 Å². The molecule has 9 nitrogen and oxygen atoms in total. The molecule has 3 heterocycles. The third-order valence-corrected chi connectivity index (χ3v) is 4.42. The minimum Gasteiger partial charge on any atom is -0.337 e. The Kier molecular flexibility index (Phi) is 3.57. The van der Waals surface area contributed by atoms with Crippen LogP contribution in [0.15, 0.2) is 50.8 Å². The van der Waals surface area contributed by atoms with Gasteiger partial charge in [-0.15, -0.1) is 0 Å². The first-order valence-electron chi connectivity index (χ1n) is 8.00. The molecule has 0 fully saturated rings. The predicted octanol–water partition coefficient (Wildman–Crippen LogP) is 1.09. The first kappa shape index (κ1) is 16.0. The molecular formula is C17H16N6O3. The average Bonchev–Trinajstić information content (AvgIpc) is 3.32. The highest BCUT2D eigenvalue weighted by Gasteiger charge is 2.22. The molecule has 0 aliphatic carbocycles. The van der Waals surface area contributed by atoms with Gasteiger partial charge in [0.05, 0.1) is 6.33 Å². The highest BCUT2D eigenvalue weighted by Crippen LogP contribution is 2.22. The minimum atomic E-state index is -0.426. The summed E-state index contributed by atoms with van der Waals surface area (Å²) in [4.78, 5) is 33.3. The van der Waals surface area contributed by atoms with E-state index in [1.165, 1.54) is 17.9 Å². The Bertz CT molecular complexity index is 1220. The van der Waals surface area contributed by atoms with Crippen LogP contribution in [0.3, 0.4) is 0 Å². The molecule has 1 aromatic carbocycles. The topological polar surface area (TPSA) is 101 Å². The predicted molar refractivity (Wildman–Crippen MR) is 93.8 cm³/mol. The second kappa shape index (κ2) is 5.80. The van der Waals surface area contributed by atoms with Crippen LogP contribution < -0.4 is 11.2 Å². The van der Waals surface area contributed by atoms with Crippen molar-refractivity contribution in [3.63, 3.8) is 0 Å². The molecule has 4 aromatic rings. The molecule has 1 unspecified atom stereocenters. The van der Waals surface area contributed by atoms with E-state index < -0.39 is 17.3 Å². The van der Waals surface area contributed by atoms with Gasteiger partial charge in [0.25, 0.3) is 5.56 Å². The van der Waals surface area contributed by atoms with Crippen LogP contribution in [0.25, 0.3) is 22.6 Å². The van der Waals surface area contributed by atoms with Gasteiger partial charge >= 0.3 is 5.69 Å². The molecule has 0 amide bonds.